The summed E-state index contributed by atoms with van der Waals surface area (Å²) in [6.07, 6.45) is 8.65. The predicted molar refractivity (Wildman–Crippen MR) is 127 cm³/mol. The first-order valence-electron chi connectivity index (χ1n) is 13.4. The summed E-state index contributed by atoms with van der Waals surface area (Å²) in [5.74, 6) is 2.02. The molecular formula is C27H44N2O4. The predicted octanol–water partition coefficient (Wildman–Crippen LogP) is 4.22. The molecule has 1 aliphatic heterocycles. The summed E-state index contributed by atoms with van der Waals surface area (Å²) in [6.45, 7) is 11.0. The van der Waals surface area contributed by atoms with Crippen LogP contribution in [0.3, 0.4) is 0 Å². The Labute approximate surface area is 199 Å². The van der Waals surface area contributed by atoms with Crippen LogP contribution in [0.2, 0.25) is 0 Å². The molecule has 0 spiro atoms. The van der Waals surface area contributed by atoms with Crippen LogP contribution in [0.5, 0.6) is 0 Å². The fourth-order valence-corrected chi connectivity index (χ4v) is 8.33. The van der Waals surface area contributed by atoms with Crippen molar-refractivity contribution in [3.05, 3.63) is 0 Å². The third-order valence-corrected chi connectivity index (χ3v) is 10.0. The molecule has 4 rings (SSSR count). The molecule has 3 saturated carbocycles. The fraction of sp³-hybridized carbons (Fsp3) is 0.889. The number of fused-ring (bicyclic) bond motifs is 5. The molecule has 0 aromatic heterocycles. The number of esters is 1. The van der Waals surface area contributed by atoms with Gasteiger partial charge in [0, 0.05) is 18.4 Å². The largest absolute Gasteiger partial charge is 0.464 e. The SMILES string of the molecule is CCOC(=O)[C@H](CC(C)C)NC(=O)[C@H]1CC[C@H]2[C@@H]3CC[C@H]4NC(=O)CC[C@]4(C)[C@H]3CC[C@]12C. The van der Waals surface area contributed by atoms with E-state index in [0.717, 1.165) is 44.9 Å². The zero-order valence-electron chi connectivity index (χ0n) is 21.2. The Morgan fingerprint density at radius 2 is 1.79 bits per heavy atom. The second-order valence-electron chi connectivity index (χ2n) is 12.2. The van der Waals surface area contributed by atoms with E-state index in [4.69, 9.17) is 4.74 Å². The lowest BCUT2D eigenvalue weighted by atomic mass is 9.47. The molecule has 4 fully saturated rings. The van der Waals surface area contributed by atoms with Crippen molar-refractivity contribution in [2.45, 2.75) is 104 Å². The Hall–Kier alpha value is -1.59. The molecule has 8 atom stereocenters. The van der Waals surface area contributed by atoms with E-state index in [1.54, 1.807) is 6.92 Å². The van der Waals surface area contributed by atoms with E-state index in [0.29, 0.717) is 49.2 Å². The lowest BCUT2D eigenvalue weighted by molar-refractivity contribution is -0.150. The van der Waals surface area contributed by atoms with Gasteiger partial charge >= 0.3 is 5.97 Å². The van der Waals surface area contributed by atoms with Gasteiger partial charge < -0.3 is 15.4 Å². The summed E-state index contributed by atoms with van der Waals surface area (Å²) in [4.78, 5) is 38.1. The van der Waals surface area contributed by atoms with Crippen LogP contribution >= 0.6 is 0 Å². The molecule has 0 unspecified atom stereocenters. The van der Waals surface area contributed by atoms with E-state index in [-0.39, 0.29) is 34.5 Å². The summed E-state index contributed by atoms with van der Waals surface area (Å²) >= 11 is 0. The first-order chi connectivity index (χ1) is 15.6. The second kappa shape index (κ2) is 9.22. The van der Waals surface area contributed by atoms with Gasteiger partial charge in [0.05, 0.1) is 6.61 Å². The van der Waals surface area contributed by atoms with E-state index in [1.165, 1.54) is 0 Å². The molecule has 0 aromatic carbocycles. The van der Waals surface area contributed by atoms with Crippen LogP contribution in [0.25, 0.3) is 0 Å². The van der Waals surface area contributed by atoms with Gasteiger partial charge in [0.1, 0.15) is 6.04 Å². The minimum Gasteiger partial charge on any atom is -0.464 e. The molecular weight excluding hydrogens is 416 g/mol. The van der Waals surface area contributed by atoms with E-state index < -0.39 is 6.04 Å². The van der Waals surface area contributed by atoms with Gasteiger partial charge in [-0.2, -0.15) is 0 Å². The van der Waals surface area contributed by atoms with Gasteiger partial charge in [-0.3, -0.25) is 9.59 Å². The highest BCUT2D eigenvalue weighted by Crippen LogP contribution is 2.65. The first-order valence-corrected chi connectivity index (χ1v) is 13.4. The number of amides is 2. The number of rotatable bonds is 6. The number of piperidine rings is 1. The fourth-order valence-electron chi connectivity index (χ4n) is 8.33. The van der Waals surface area contributed by atoms with Crippen molar-refractivity contribution >= 4 is 17.8 Å². The summed E-state index contributed by atoms with van der Waals surface area (Å²) in [5, 5.41) is 6.40. The first kappa shape index (κ1) is 24.5. The highest BCUT2D eigenvalue weighted by Gasteiger charge is 2.61. The smallest absolute Gasteiger partial charge is 0.328 e. The van der Waals surface area contributed by atoms with Crippen molar-refractivity contribution in [1.29, 1.82) is 0 Å². The Morgan fingerprint density at radius 3 is 2.48 bits per heavy atom. The zero-order valence-corrected chi connectivity index (χ0v) is 21.2. The Kier molecular flexibility index (Phi) is 6.85. The van der Waals surface area contributed by atoms with Crippen LogP contribution in [0.4, 0.5) is 0 Å². The maximum absolute atomic E-state index is 13.5. The molecule has 33 heavy (non-hydrogen) atoms. The molecule has 186 valence electrons. The Bertz CT molecular complexity index is 782. The third-order valence-electron chi connectivity index (χ3n) is 10.0. The maximum Gasteiger partial charge on any atom is 0.328 e. The summed E-state index contributed by atoms with van der Waals surface area (Å²) in [6, 6.07) is -0.247. The van der Waals surface area contributed by atoms with Crippen molar-refractivity contribution in [3.63, 3.8) is 0 Å². The van der Waals surface area contributed by atoms with E-state index in [1.807, 2.05) is 0 Å². The minimum atomic E-state index is -0.559. The number of hydrogen-bond donors (Lipinski definition) is 2. The molecule has 1 saturated heterocycles. The second-order valence-corrected chi connectivity index (χ2v) is 12.2. The lowest BCUT2D eigenvalue weighted by Gasteiger charge is -2.60. The number of nitrogens with one attached hydrogen (secondary N) is 2. The van der Waals surface area contributed by atoms with Crippen LogP contribution in [0.1, 0.15) is 92.4 Å². The van der Waals surface area contributed by atoms with Gasteiger partial charge in [-0.15, -0.1) is 0 Å². The minimum absolute atomic E-state index is 0.0105. The Morgan fingerprint density at radius 1 is 1.06 bits per heavy atom. The molecule has 0 bridgehead atoms. The molecule has 3 aliphatic carbocycles. The molecule has 6 nitrogen and oxygen atoms in total. The van der Waals surface area contributed by atoms with Gasteiger partial charge in [0.25, 0.3) is 0 Å². The van der Waals surface area contributed by atoms with E-state index >= 15 is 0 Å². The standard InChI is InChI=1S/C27H44N2O4/c1-6-33-25(32)21(15-16(2)3)28-24(31)20-9-8-18-17-7-10-22-27(5,14-12-23(30)29-22)19(17)11-13-26(18,20)4/h16-22H,6-15H2,1-5H3,(H,28,31)(H,29,30)/t17-,18-,19-,20+,21-,22+,26-,27+/m0/s1. The molecule has 4 aliphatic rings. The van der Waals surface area contributed by atoms with Gasteiger partial charge in [-0.1, -0.05) is 27.7 Å². The quantitative estimate of drug-likeness (QED) is 0.581. The topological polar surface area (TPSA) is 84.5 Å². The molecule has 1 heterocycles. The maximum atomic E-state index is 13.5. The molecule has 6 heteroatoms. The van der Waals surface area contributed by atoms with Crippen molar-refractivity contribution in [1.82, 2.24) is 10.6 Å². The molecule has 0 radical (unpaired) electrons. The van der Waals surface area contributed by atoms with Crippen molar-refractivity contribution < 1.29 is 19.1 Å². The highest BCUT2D eigenvalue weighted by atomic mass is 16.5. The number of ether oxygens (including phenoxy) is 1. The summed E-state index contributed by atoms with van der Waals surface area (Å²) in [5.41, 5.74) is 0.175. The number of carbonyl (C=O) groups excluding carboxylic acids is 3. The number of hydrogen-bond acceptors (Lipinski definition) is 4. The average molecular weight is 461 g/mol. The highest BCUT2D eigenvalue weighted by molar-refractivity contribution is 5.86. The van der Waals surface area contributed by atoms with Crippen LogP contribution in [-0.2, 0) is 19.1 Å². The van der Waals surface area contributed by atoms with E-state index in [2.05, 4.69) is 38.3 Å². The lowest BCUT2D eigenvalue weighted by Crippen LogP contribution is -2.61. The normalized spacial score (nSPS) is 40.8. The summed E-state index contributed by atoms with van der Waals surface area (Å²) in [7, 11) is 0. The van der Waals surface area contributed by atoms with Gasteiger partial charge in [0.15, 0.2) is 0 Å². The van der Waals surface area contributed by atoms with Crippen LogP contribution < -0.4 is 10.6 Å². The van der Waals surface area contributed by atoms with Crippen molar-refractivity contribution in [2.24, 2.45) is 40.4 Å². The van der Waals surface area contributed by atoms with Crippen molar-refractivity contribution in [2.75, 3.05) is 6.61 Å². The van der Waals surface area contributed by atoms with Crippen molar-refractivity contribution in [3.8, 4) is 0 Å². The third kappa shape index (κ3) is 4.32. The van der Waals surface area contributed by atoms with Crippen LogP contribution in [0, 0.1) is 40.4 Å². The average Bonchev–Trinajstić information content (AvgIpc) is 3.11. The molecule has 2 amide bonds. The summed E-state index contributed by atoms with van der Waals surface area (Å²) < 4.78 is 5.26. The molecule has 0 aromatic rings. The zero-order chi connectivity index (χ0) is 24.0. The van der Waals surface area contributed by atoms with Crippen LogP contribution in [0.15, 0.2) is 0 Å². The van der Waals surface area contributed by atoms with Gasteiger partial charge in [0.2, 0.25) is 11.8 Å². The number of carbonyl (C=O) groups is 3. The van der Waals surface area contributed by atoms with Gasteiger partial charge in [-0.05, 0) is 92.8 Å². The van der Waals surface area contributed by atoms with Gasteiger partial charge in [-0.25, -0.2) is 4.79 Å². The molecule has 2 N–H and O–H groups in total. The monoisotopic (exact) mass is 460 g/mol. The van der Waals surface area contributed by atoms with Crippen LogP contribution in [-0.4, -0.2) is 36.5 Å². The van der Waals surface area contributed by atoms with E-state index in [9.17, 15) is 14.4 Å². The Balaban J connectivity index is 1.48.